The van der Waals surface area contributed by atoms with E-state index in [4.69, 9.17) is 16.7 Å². The van der Waals surface area contributed by atoms with Crippen molar-refractivity contribution >= 4 is 57.7 Å². The van der Waals surface area contributed by atoms with Crippen LogP contribution >= 0.6 is 11.6 Å². The first-order chi connectivity index (χ1) is 26.0. The molecule has 6 atom stereocenters. The fourth-order valence-electron chi connectivity index (χ4n) is 9.51. The number of aromatic hydroxyl groups is 1. The average Bonchev–Trinajstić information content (AvgIpc) is 3.53. The van der Waals surface area contributed by atoms with Crippen molar-refractivity contribution < 1.29 is 38.6 Å². The van der Waals surface area contributed by atoms with E-state index in [0.717, 1.165) is 10.4 Å². The number of carboxylic acids is 1. The van der Waals surface area contributed by atoms with Crippen LogP contribution in [0.2, 0.25) is 5.02 Å². The number of allylic oxidation sites excluding steroid dienone is 2. The van der Waals surface area contributed by atoms with Crippen LogP contribution in [0, 0.1) is 29.5 Å². The second-order valence-electron chi connectivity index (χ2n) is 14.6. The lowest BCUT2D eigenvalue weighted by Crippen LogP contribution is -2.53. The van der Waals surface area contributed by atoms with Crippen LogP contribution in [-0.4, -0.2) is 56.3 Å². The molecule has 2 heterocycles. The van der Waals surface area contributed by atoms with Gasteiger partial charge in [0.1, 0.15) is 11.6 Å². The zero-order chi connectivity index (χ0) is 37.9. The molecule has 54 heavy (non-hydrogen) atoms. The maximum Gasteiger partial charge on any atom is 0.303 e. The topological polar surface area (TPSA) is 144 Å². The van der Waals surface area contributed by atoms with Crippen LogP contribution in [0.3, 0.4) is 0 Å². The fraction of sp³-hybridized carbons (Fsp3) is 0.310. The predicted octanol–water partition coefficient (Wildman–Crippen LogP) is 6.97. The normalized spacial score (nSPS) is 26.1. The Morgan fingerprint density at radius 3 is 2.35 bits per heavy atom. The Labute approximate surface area is 315 Å². The summed E-state index contributed by atoms with van der Waals surface area (Å²) in [5.74, 6) is -7.33. The number of hydrogen-bond donors (Lipinski definition) is 3. The number of hydrogen-bond acceptors (Lipinski definition) is 7. The number of fused-ring (bicyclic) bond motifs is 5. The smallest absolute Gasteiger partial charge is 0.303 e. The molecule has 2 saturated heterocycles. The van der Waals surface area contributed by atoms with E-state index in [1.807, 2.05) is 24.3 Å². The van der Waals surface area contributed by atoms with E-state index < -0.39 is 58.6 Å². The van der Waals surface area contributed by atoms with Crippen molar-refractivity contribution in [2.24, 2.45) is 23.7 Å². The number of likely N-dealkylation sites (tertiary alicyclic amines) is 1. The van der Waals surface area contributed by atoms with Crippen molar-refractivity contribution in [2.45, 2.75) is 49.9 Å². The standard InChI is InChI=1S/C42H37ClFN3O7/c43-25-12-10-24(11-13-25)42-33(39(52)47(41(42)54)45-27-16-14-26(44)15-17-27)22-32-29(36(42)31-18-9-23-6-3-4-7-28(23)37(31)50)19-20-30-35(32)40(53)46(38(30)51)21-5-1-2-8-34(48)49/h3-4,6-7,9-19,30,32-33,35-36,45,50H,1-2,5,8,20-22H2,(H,48,49). The molecule has 4 aromatic rings. The van der Waals surface area contributed by atoms with Gasteiger partial charge in [0.15, 0.2) is 0 Å². The summed E-state index contributed by atoms with van der Waals surface area (Å²) < 4.78 is 13.9. The highest BCUT2D eigenvalue weighted by atomic mass is 35.5. The number of phenolic OH excluding ortho intramolecular Hbond substituents is 1. The van der Waals surface area contributed by atoms with Gasteiger partial charge in [-0.25, -0.2) is 4.39 Å². The number of rotatable bonds is 10. The van der Waals surface area contributed by atoms with Gasteiger partial charge in [-0.15, -0.1) is 0 Å². The Kier molecular flexibility index (Phi) is 9.00. The number of imide groups is 2. The van der Waals surface area contributed by atoms with Crippen molar-refractivity contribution in [3.63, 3.8) is 0 Å². The average molecular weight is 750 g/mol. The minimum Gasteiger partial charge on any atom is -0.507 e. The number of phenols is 1. The van der Waals surface area contributed by atoms with E-state index in [-0.39, 0.29) is 43.4 Å². The highest BCUT2D eigenvalue weighted by Gasteiger charge is 2.70. The number of carboxylic acid groups (broad SMARTS) is 1. The molecule has 4 aliphatic rings. The first-order valence-corrected chi connectivity index (χ1v) is 18.5. The number of benzene rings is 4. The SMILES string of the molecule is O=C(O)CCCCCN1C(=O)C2CC=C3C(CC4C(=O)N(Nc5ccc(F)cc5)C(=O)C4(c4ccc(Cl)cc4)C3c3ccc4ccccc4c3O)C2C1=O. The highest BCUT2D eigenvalue weighted by molar-refractivity contribution is 6.30. The van der Waals surface area contributed by atoms with E-state index in [1.165, 1.54) is 29.2 Å². The molecule has 0 aromatic heterocycles. The Bertz CT molecular complexity index is 2240. The number of unbranched alkanes of at least 4 members (excludes halogenated alkanes) is 2. The molecule has 10 nitrogen and oxygen atoms in total. The lowest BCUT2D eigenvalue weighted by atomic mass is 9.49. The number of nitrogens with zero attached hydrogens (tertiary/aromatic N) is 2. The second-order valence-corrected chi connectivity index (χ2v) is 15.1. The van der Waals surface area contributed by atoms with Crippen molar-refractivity contribution in [3.8, 4) is 5.75 Å². The monoisotopic (exact) mass is 749 g/mol. The van der Waals surface area contributed by atoms with E-state index in [1.54, 1.807) is 42.5 Å². The molecule has 0 spiro atoms. The number of aliphatic carboxylic acids is 1. The van der Waals surface area contributed by atoms with Crippen molar-refractivity contribution in [1.29, 1.82) is 0 Å². The summed E-state index contributed by atoms with van der Waals surface area (Å²) in [6.07, 6.45) is 3.64. The molecule has 1 saturated carbocycles. The van der Waals surface area contributed by atoms with Crippen molar-refractivity contribution in [2.75, 3.05) is 12.0 Å². The lowest BCUT2D eigenvalue weighted by molar-refractivity contribution is -0.141. The molecule has 8 rings (SSSR count). The molecule has 4 amide bonds. The van der Waals surface area contributed by atoms with E-state index in [0.29, 0.717) is 52.1 Å². The van der Waals surface area contributed by atoms with Crippen LogP contribution in [0.4, 0.5) is 10.1 Å². The van der Waals surface area contributed by atoms with Gasteiger partial charge in [-0.05, 0) is 78.9 Å². The van der Waals surface area contributed by atoms with Crippen LogP contribution in [0.1, 0.15) is 55.6 Å². The van der Waals surface area contributed by atoms with Gasteiger partial charge in [0.25, 0.3) is 11.8 Å². The Morgan fingerprint density at radius 2 is 1.61 bits per heavy atom. The zero-order valence-corrected chi connectivity index (χ0v) is 29.8. The van der Waals surface area contributed by atoms with Gasteiger partial charge in [0.2, 0.25) is 11.8 Å². The molecule has 3 N–H and O–H groups in total. The van der Waals surface area contributed by atoms with Gasteiger partial charge >= 0.3 is 5.97 Å². The molecule has 2 aliphatic carbocycles. The Balaban J connectivity index is 1.28. The summed E-state index contributed by atoms with van der Waals surface area (Å²) in [6.45, 7) is 0.159. The first kappa shape index (κ1) is 35.5. The molecule has 0 bridgehead atoms. The van der Waals surface area contributed by atoms with E-state index in [2.05, 4.69) is 5.43 Å². The molecule has 3 fully saturated rings. The van der Waals surface area contributed by atoms with Crippen LogP contribution in [0.5, 0.6) is 5.75 Å². The summed E-state index contributed by atoms with van der Waals surface area (Å²) in [7, 11) is 0. The van der Waals surface area contributed by atoms with E-state index in [9.17, 15) is 28.7 Å². The highest BCUT2D eigenvalue weighted by Crippen LogP contribution is 2.65. The number of nitrogens with one attached hydrogen (secondary N) is 1. The number of hydrazine groups is 1. The first-order valence-electron chi connectivity index (χ1n) is 18.2. The summed E-state index contributed by atoms with van der Waals surface area (Å²) in [5, 5.41) is 23.8. The maximum absolute atomic E-state index is 15.3. The largest absolute Gasteiger partial charge is 0.507 e. The molecule has 6 unspecified atom stereocenters. The molecular weight excluding hydrogens is 713 g/mol. The number of carbonyl (C=O) groups is 5. The zero-order valence-electron chi connectivity index (χ0n) is 29.1. The lowest BCUT2D eigenvalue weighted by Gasteiger charge is -2.50. The molecule has 4 aromatic carbocycles. The van der Waals surface area contributed by atoms with Crippen LogP contribution in [-0.2, 0) is 29.4 Å². The van der Waals surface area contributed by atoms with Crippen molar-refractivity contribution in [3.05, 3.63) is 119 Å². The Morgan fingerprint density at radius 1 is 0.870 bits per heavy atom. The number of amides is 4. The number of anilines is 1. The Hall–Kier alpha value is -5.55. The van der Waals surface area contributed by atoms with Gasteiger partial charge in [-0.1, -0.05) is 78.2 Å². The molecule has 0 radical (unpaired) electrons. The number of carbonyl (C=O) groups excluding carboxylic acids is 4. The van der Waals surface area contributed by atoms with Gasteiger partial charge in [0, 0.05) is 34.9 Å². The quantitative estimate of drug-likeness (QED) is 0.0897. The second kappa shape index (κ2) is 13.7. The predicted molar refractivity (Wildman–Crippen MR) is 197 cm³/mol. The summed E-state index contributed by atoms with van der Waals surface area (Å²) in [6, 6.07) is 22.9. The van der Waals surface area contributed by atoms with Crippen LogP contribution < -0.4 is 5.43 Å². The fourth-order valence-corrected chi connectivity index (χ4v) is 9.64. The summed E-state index contributed by atoms with van der Waals surface area (Å²) >= 11 is 6.37. The van der Waals surface area contributed by atoms with Gasteiger partial charge < -0.3 is 10.2 Å². The summed E-state index contributed by atoms with van der Waals surface area (Å²) in [5.41, 5.74) is 3.21. The molecule has 12 heteroatoms. The molecular formula is C42H37ClFN3O7. The van der Waals surface area contributed by atoms with E-state index >= 15 is 4.79 Å². The third-order valence-electron chi connectivity index (χ3n) is 11.9. The van der Waals surface area contributed by atoms with Gasteiger partial charge in [-0.2, -0.15) is 5.01 Å². The van der Waals surface area contributed by atoms with Crippen LogP contribution in [0.25, 0.3) is 10.8 Å². The van der Waals surface area contributed by atoms with Crippen molar-refractivity contribution in [1.82, 2.24) is 9.91 Å². The summed E-state index contributed by atoms with van der Waals surface area (Å²) in [4.78, 5) is 70.6. The molecule has 276 valence electrons. The number of halogens is 2. The minimum absolute atomic E-state index is 0.00203. The third kappa shape index (κ3) is 5.55. The maximum atomic E-state index is 15.3. The third-order valence-corrected chi connectivity index (χ3v) is 12.1. The van der Waals surface area contributed by atoms with Gasteiger partial charge in [-0.3, -0.25) is 34.3 Å². The van der Waals surface area contributed by atoms with Gasteiger partial charge in [0.05, 0.1) is 28.9 Å². The van der Waals surface area contributed by atoms with Crippen LogP contribution in [0.15, 0.2) is 96.6 Å². The molecule has 2 aliphatic heterocycles. The minimum atomic E-state index is -1.63.